The molecule has 0 atom stereocenters. The zero-order valence-electron chi connectivity index (χ0n) is 12.6. The summed E-state index contributed by atoms with van der Waals surface area (Å²) in [5, 5.41) is 0. The van der Waals surface area contributed by atoms with Crippen molar-refractivity contribution in [1.82, 2.24) is 9.88 Å². The molecule has 0 spiro atoms. The van der Waals surface area contributed by atoms with Crippen LogP contribution in [0.5, 0.6) is 0 Å². The lowest BCUT2D eigenvalue weighted by molar-refractivity contribution is -0.130. The molecule has 1 aromatic heterocycles. The Balaban J connectivity index is 2.21. The molecule has 0 aliphatic heterocycles. The van der Waals surface area contributed by atoms with Gasteiger partial charge >= 0.3 is 0 Å². The number of carbonyl (C=O) groups is 1. The van der Waals surface area contributed by atoms with Gasteiger partial charge in [-0.1, -0.05) is 25.7 Å². The summed E-state index contributed by atoms with van der Waals surface area (Å²) in [5.74, 6) is 0.282. The van der Waals surface area contributed by atoms with Gasteiger partial charge in [0, 0.05) is 30.1 Å². The molecule has 0 bridgehead atoms. The molecule has 2 rings (SSSR count). The predicted octanol–water partition coefficient (Wildman–Crippen LogP) is 2.43. The highest BCUT2D eigenvalue weighted by Crippen LogP contribution is 2.33. The molecule has 1 aromatic rings. The first-order chi connectivity index (χ1) is 9.56. The van der Waals surface area contributed by atoms with Gasteiger partial charge in [-0.05, 0) is 33.0 Å². The van der Waals surface area contributed by atoms with Crippen LogP contribution in [0.2, 0.25) is 0 Å². The van der Waals surface area contributed by atoms with Gasteiger partial charge in [-0.3, -0.25) is 14.7 Å². The Kier molecular flexibility index (Phi) is 4.76. The first kappa shape index (κ1) is 15.0. The Morgan fingerprint density at radius 2 is 1.95 bits per heavy atom. The van der Waals surface area contributed by atoms with E-state index in [1.54, 1.807) is 18.5 Å². The third kappa shape index (κ3) is 3.01. The van der Waals surface area contributed by atoms with Crippen molar-refractivity contribution in [1.29, 1.82) is 0 Å². The number of pyridine rings is 1. The average molecular weight is 275 g/mol. The lowest BCUT2D eigenvalue weighted by Crippen LogP contribution is -2.51. The number of ketones is 1. The van der Waals surface area contributed by atoms with Crippen molar-refractivity contribution in [3.05, 3.63) is 24.0 Å². The van der Waals surface area contributed by atoms with Crippen LogP contribution in [0.3, 0.4) is 0 Å². The summed E-state index contributed by atoms with van der Waals surface area (Å²) in [6.07, 6.45) is 10.4. The van der Waals surface area contributed by atoms with Gasteiger partial charge in [0.25, 0.3) is 0 Å². The Morgan fingerprint density at radius 3 is 2.50 bits per heavy atom. The van der Waals surface area contributed by atoms with E-state index in [4.69, 9.17) is 5.73 Å². The minimum Gasteiger partial charge on any atom is -0.398 e. The largest absolute Gasteiger partial charge is 0.398 e. The number of anilines is 1. The van der Waals surface area contributed by atoms with Crippen molar-refractivity contribution in [3.63, 3.8) is 0 Å². The van der Waals surface area contributed by atoms with Gasteiger partial charge in [-0.15, -0.1) is 0 Å². The molecule has 20 heavy (non-hydrogen) atoms. The van der Waals surface area contributed by atoms with E-state index in [1.807, 2.05) is 14.1 Å². The number of nitrogens with two attached hydrogens (primary N) is 1. The molecule has 4 heteroatoms. The standard InChI is InChI=1S/C16H25N3O/c1-19(2)16(8-5-3-4-6-9-16)15(20)11-13-12-18-10-7-14(13)17/h7,10,12H,3-6,8-9,11H2,1-2H3,(H2,17,18). The molecule has 1 fully saturated rings. The quantitative estimate of drug-likeness (QED) is 0.857. The summed E-state index contributed by atoms with van der Waals surface area (Å²) < 4.78 is 0. The molecule has 110 valence electrons. The third-order valence-corrected chi connectivity index (χ3v) is 4.60. The molecular formula is C16H25N3O. The summed E-state index contributed by atoms with van der Waals surface area (Å²) >= 11 is 0. The molecule has 1 heterocycles. The van der Waals surface area contributed by atoms with Gasteiger partial charge in [-0.25, -0.2) is 0 Å². The second-order valence-corrected chi connectivity index (χ2v) is 6.01. The van der Waals surface area contributed by atoms with Gasteiger partial charge in [0.05, 0.1) is 5.54 Å². The van der Waals surface area contributed by atoms with Gasteiger partial charge in [0.2, 0.25) is 0 Å². The molecule has 0 radical (unpaired) electrons. The summed E-state index contributed by atoms with van der Waals surface area (Å²) in [7, 11) is 4.05. The van der Waals surface area contributed by atoms with E-state index < -0.39 is 0 Å². The maximum absolute atomic E-state index is 12.9. The summed E-state index contributed by atoms with van der Waals surface area (Å²) in [4.78, 5) is 19.1. The topological polar surface area (TPSA) is 59.2 Å². The molecule has 0 aromatic carbocycles. The number of carbonyl (C=O) groups excluding carboxylic acids is 1. The van der Waals surface area contributed by atoms with Crippen LogP contribution in [-0.2, 0) is 11.2 Å². The van der Waals surface area contributed by atoms with Crippen LogP contribution in [-0.4, -0.2) is 35.3 Å². The number of nitrogen functional groups attached to an aromatic ring is 1. The monoisotopic (exact) mass is 275 g/mol. The number of rotatable bonds is 4. The zero-order chi connectivity index (χ0) is 14.6. The molecule has 1 saturated carbocycles. The average Bonchev–Trinajstić information content (AvgIpc) is 2.68. The van der Waals surface area contributed by atoms with Crippen molar-refractivity contribution in [2.45, 2.75) is 50.5 Å². The van der Waals surface area contributed by atoms with Crippen LogP contribution in [0.15, 0.2) is 18.5 Å². The maximum Gasteiger partial charge on any atom is 0.157 e. The summed E-state index contributed by atoms with van der Waals surface area (Å²) in [5.41, 5.74) is 7.13. The fraction of sp³-hybridized carbons (Fsp3) is 0.625. The number of aromatic nitrogens is 1. The van der Waals surface area contributed by atoms with E-state index in [9.17, 15) is 4.79 Å². The van der Waals surface area contributed by atoms with Crippen LogP contribution in [0.1, 0.15) is 44.1 Å². The van der Waals surface area contributed by atoms with Gasteiger partial charge < -0.3 is 5.73 Å². The van der Waals surface area contributed by atoms with Crippen LogP contribution >= 0.6 is 0 Å². The molecule has 0 unspecified atom stereocenters. The van der Waals surface area contributed by atoms with Crippen molar-refractivity contribution in [2.75, 3.05) is 19.8 Å². The zero-order valence-corrected chi connectivity index (χ0v) is 12.6. The molecular weight excluding hydrogens is 250 g/mol. The summed E-state index contributed by atoms with van der Waals surface area (Å²) in [6.45, 7) is 0. The number of hydrogen-bond donors (Lipinski definition) is 1. The van der Waals surface area contributed by atoms with Gasteiger partial charge in [-0.2, -0.15) is 0 Å². The van der Waals surface area contributed by atoms with E-state index >= 15 is 0 Å². The van der Waals surface area contributed by atoms with Crippen LogP contribution in [0.25, 0.3) is 0 Å². The predicted molar refractivity (Wildman–Crippen MR) is 81.5 cm³/mol. The Labute approximate surface area is 121 Å². The van der Waals surface area contributed by atoms with Gasteiger partial charge in [0.15, 0.2) is 5.78 Å². The second-order valence-electron chi connectivity index (χ2n) is 6.01. The van der Waals surface area contributed by atoms with E-state index in [0.29, 0.717) is 12.1 Å². The number of nitrogens with zero attached hydrogens (tertiary/aromatic N) is 2. The summed E-state index contributed by atoms with van der Waals surface area (Å²) in [6, 6.07) is 1.76. The van der Waals surface area contributed by atoms with Crippen molar-refractivity contribution in [3.8, 4) is 0 Å². The van der Waals surface area contributed by atoms with Crippen molar-refractivity contribution in [2.24, 2.45) is 0 Å². The lowest BCUT2D eigenvalue weighted by Gasteiger charge is -2.38. The molecule has 2 N–H and O–H groups in total. The van der Waals surface area contributed by atoms with E-state index in [1.165, 1.54) is 12.8 Å². The number of hydrogen-bond acceptors (Lipinski definition) is 4. The highest BCUT2D eigenvalue weighted by molar-refractivity contribution is 5.91. The Bertz CT molecular complexity index is 463. The first-order valence-electron chi connectivity index (χ1n) is 7.45. The lowest BCUT2D eigenvalue weighted by atomic mass is 9.82. The van der Waals surface area contributed by atoms with Crippen molar-refractivity contribution < 1.29 is 4.79 Å². The van der Waals surface area contributed by atoms with Crippen molar-refractivity contribution >= 4 is 11.5 Å². The highest BCUT2D eigenvalue weighted by atomic mass is 16.1. The van der Waals surface area contributed by atoms with E-state index in [0.717, 1.165) is 31.2 Å². The second kappa shape index (κ2) is 6.35. The molecule has 4 nitrogen and oxygen atoms in total. The van der Waals surface area contributed by atoms with Crippen LogP contribution in [0.4, 0.5) is 5.69 Å². The minimum atomic E-state index is -0.321. The molecule has 1 aliphatic rings. The molecule has 0 saturated heterocycles. The first-order valence-corrected chi connectivity index (χ1v) is 7.45. The normalized spacial score (nSPS) is 18.8. The Morgan fingerprint density at radius 1 is 1.30 bits per heavy atom. The van der Waals surface area contributed by atoms with Gasteiger partial charge in [0.1, 0.15) is 0 Å². The highest BCUT2D eigenvalue weighted by Gasteiger charge is 2.40. The van der Waals surface area contributed by atoms with E-state index in [-0.39, 0.29) is 11.3 Å². The molecule has 1 aliphatic carbocycles. The van der Waals surface area contributed by atoms with Crippen LogP contribution in [0, 0.1) is 0 Å². The Hall–Kier alpha value is -1.42. The number of Topliss-reactive ketones (excluding diaryl/α,β-unsaturated/α-hetero) is 1. The molecule has 0 amide bonds. The van der Waals surface area contributed by atoms with Crippen LogP contribution < -0.4 is 5.73 Å². The third-order valence-electron chi connectivity index (χ3n) is 4.60. The minimum absolute atomic E-state index is 0.282. The fourth-order valence-electron chi connectivity index (χ4n) is 3.21. The van der Waals surface area contributed by atoms with E-state index in [2.05, 4.69) is 9.88 Å². The SMILES string of the molecule is CN(C)C1(C(=O)Cc2cnccc2N)CCCCCC1. The smallest absolute Gasteiger partial charge is 0.157 e. The maximum atomic E-state index is 12.9. The fourth-order valence-corrected chi connectivity index (χ4v) is 3.21. The number of likely N-dealkylation sites (N-methyl/N-ethyl adjacent to an activating group) is 1.